The summed E-state index contributed by atoms with van der Waals surface area (Å²) in [5, 5.41) is 0. The van der Waals surface area contributed by atoms with Crippen LogP contribution in [-0.4, -0.2) is 12.6 Å². The largest absolute Gasteiger partial charge is 0.462 e. The number of ether oxygens (including phenoxy) is 1. The maximum Gasteiger partial charge on any atom is 0.330 e. The number of carbonyl (C=O) groups excluding carboxylic acids is 1. The van der Waals surface area contributed by atoms with Gasteiger partial charge >= 0.3 is 5.97 Å². The number of hydrogen-bond acceptors (Lipinski definition) is 2. The minimum Gasteiger partial charge on any atom is -0.462 e. The van der Waals surface area contributed by atoms with Gasteiger partial charge in [-0.05, 0) is 18.1 Å². The zero-order chi connectivity index (χ0) is 15.8. The smallest absolute Gasteiger partial charge is 0.330 e. The molecule has 2 nitrogen and oxygen atoms in total. The van der Waals surface area contributed by atoms with Crippen LogP contribution in [0.2, 0.25) is 0 Å². The minimum atomic E-state index is -0.398. The van der Waals surface area contributed by atoms with Crippen molar-refractivity contribution >= 4 is 12.0 Å². The van der Waals surface area contributed by atoms with Crippen molar-refractivity contribution in [2.24, 2.45) is 0 Å². The van der Waals surface area contributed by atoms with Gasteiger partial charge in [-0.25, -0.2) is 4.79 Å². The molecule has 112 valence electrons. The highest BCUT2D eigenvalue weighted by molar-refractivity contribution is 5.81. The molecule has 0 saturated carbocycles. The molecule has 22 heavy (non-hydrogen) atoms. The van der Waals surface area contributed by atoms with Gasteiger partial charge in [0.1, 0.15) is 6.61 Å². The van der Waals surface area contributed by atoms with Crippen molar-refractivity contribution in [1.29, 1.82) is 0 Å². The number of rotatable bonds is 6. The molecule has 0 heterocycles. The molecule has 2 heteroatoms. The highest BCUT2D eigenvalue weighted by atomic mass is 16.5. The molecule has 0 aliphatic rings. The van der Waals surface area contributed by atoms with Gasteiger partial charge in [-0.2, -0.15) is 0 Å². The molecule has 2 aromatic rings. The van der Waals surface area contributed by atoms with E-state index in [1.54, 1.807) is 0 Å². The highest BCUT2D eigenvalue weighted by Crippen LogP contribution is 2.20. The molecule has 0 aromatic heterocycles. The lowest BCUT2D eigenvalue weighted by atomic mass is 9.97. The van der Waals surface area contributed by atoms with Gasteiger partial charge in [-0.1, -0.05) is 78.9 Å². The van der Waals surface area contributed by atoms with Crippen LogP contribution in [0.5, 0.6) is 0 Å². The maximum absolute atomic E-state index is 11.3. The highest BCUT2D eigenvalue weighted by Gasteiger charge is 2.10. The maximum atomic E-state index is 11.3. The molecule has 2 rings (SSSR count). The van der Waals surface area contributed by atoms with Crippen LogP contribution in [0.25, 0.3) is 6.08 Å². The van der Waals surface area contributed by atoms with Gasteiger partial charge in [0.2, 0.25) is 0 Å². The Morgan fingerprint density at radius 3 is 2.45 bits per heavy atom. The van der Waals surface area contributed by atoms with E-state index in [2.05, 4.69) is 43.8 Å². The summed E-state index contributed by atoms with van der Waals surface area (Å²) in [5.74, 6) is -0.380. The number of benzene rings is 2. The first-order valence-corrected chi connectivity index (χ1v) is 7.28. The molecule has 0 saturated heterocycles. The van der Waals surface area contributed by atoms with Gasteiger partial charge in [-0.15, -0.1) is 0 Å². The quantitative estimate of drug-likeness (QED) is 0.578. The van der Waals surface area contributed by atoms with E-state index >= 15 is 0 Å². The second kappa shape index (κ2) is 7.99. The lowest BCUT2D eigenvalue weighted by molar-refractivity contribution is -0.137. The molecule has 0 amide bonds. The van der Waals surface area contributed by atoms with Crippen molar-refractivity contribution in [1.82, 2.24) is 0 Å². The summed E-state index contributed by atoms with van der Waals surface area (Å²) >= 11 is 0. The summed E-state index contributed by atoms with van der Waals surface area (Å²) in [7, 11) is 0. The normalized spacial score (nSPS) is 12.0. The van der Waals surface area contributed by atoms with Gasteiger partial charge in [0, 0.05) is 12.0 Å². The molecule has 0 radical (unpaired) electrons. The standard InChI is InChI=1S/C20H20O2/c1-3-20(21)22-15-19(18-12-9-16(2)10-13-18)14-11-17-7-5-4-6-8-17/h3-14,19H,1,15H2,2H3/b14-11+. The molecule has 1 unspecified atom stereocenters. The Morgan fingerprint density at radius 1 is 1.14 bits per heavy atom. The Balaban J connectivity index is 2.17. The Labute approximate surface area is 131 Å². The van der Waals surface area contributed by atoms with Crippen LogP contribution in [0.3, 0.4) is 0 Å². The van der Waals surface area contributed by atoms with Crippen LogP contribution in [-0.2, 0) is 9.53 Å². The van der Waals surface area contributed by atoms with Gasteiger partial charge < -0.3 is 4.74 Å². The van der Waals surface area contributed by atoms with Gasteiger partial charge in [-0.3, -0.25) is 0 Å². The van der Waals surface area contributed by atoms with Crippen molar-refractivity contribution in [2.45, 2.75) is 12.8 Å². The molecular weight excluding hydrogens is 272 g/mol. The van der Waals surface area contributed by atoms with Crippen LogP contribution in [0.15, 0.2) is 73.3 Å². The third kappa shape index (κ3) is 4.74. The van der Waals surface area contributed by atoms with Gasteiger partial charge in [0.15, 0.2) is 0 Å². The van der Waals surface area contributed by atoms with E-state index in [1.165, 1.54) is 11.6 Å². The van der Waals surface area contributed by atoms with E-state index in [1.807, 2.05) is 36.4 Å². The zero-order valence-corrected chi connectivity index (χ0v) is 12.7. The topological polar surface area (TPSA) is 26.3 Å². The van der Waals surface area contributed by atoms with E-state index < -0.39 is 5.97 Å². The van der Waals surface area contributed by atoms with Crippen molar-refractivity contribution in [3.8, 4) is 0 Å². The third-order valence-electron chi connectivity index (χ3n) is 3.40. The van der Waals surface area contributed by atoms with E-state index in [9.17, 15) is 4.79 Å². The summed E-state index contributed by atoms with van der Waals surface area (Å²) < 4.78 is 5.22. The van der Waals surface area contributed by atoms with Crippen molar-refractivity contribution in [2.75, 3.05) is 6.61 Å². The Hall–Kier alpha value is -2.61. The predicted molar refractivity (Wildman–Crippen MR) is 90.6 cm³/mol. The van der Waals surface area contributed by atoms with Crippen LogP contribution in [0.4, 0.5) is 0 Å². The Kier molecular flexibility index (Phi) is 5.73. The molecule has 0 fully saturated rings. The first-order valence-electron chi connectivity index (χ1n) is 7.28. The molecule has 0 aliphatic carbocycles. The van der Waals surface area contributed by atoms with Crippen LogP contribution in [0, 0.1) is 6.92 Å². The average molecular weight is 292 g/mol. The summed E-state index contributed by atoms with van der Waals surface area (Å²) in [6.45, 7) is 5.78. The van der Waals surface area contributed by atoms with Crippen molar-refractivity contribution in [3.05, 3.63) is 90.0 Å². The summed E-state index contributed by atoms with van der Waals surface area (Å²) in [6.07, 6.45) is 5.30. The second-order valence-corrected chi connectivity index (χ2v) is 5.12. The van der Waals surface area contributed by atoms with Crippen LogP contribution < -0.4 is 0 Å². The van der Waals surface area contributed by atoms with Gasteiger partial charge in [0.05, 0.1) is 0 Å². The fraction of sp³-hybridized carbons (Fsp3) is 0.150. The minimum absolute atomic E-state index is 0.0182. The second-order valence-electron chi connectivity index (χ2n) is 5.12. The number of hydrogen-bond donors (Lipinski definition) is 0. The fourth-order valence-corrected chi connectivity index (χ4v) is 2.10. The summed E-state index contributed by atoms with van der Waals surface area (Å²) in [6, 6.07) is 18.3. The Bertz CT molecular complexity index is 639. The lowest BCUT2D eigenvalue weighted by Gasteiger charge is -2.13. The molecular formula is C20H20O2. The predicted octanol–water partition coefficient (Wildman–Crippen LogP) is 4.52. The molecule has 0 aliphatic heterocycles. The molecule has 2 aromatic carbocycles. The SMILES string of the molecule is C=CC(=O)OCC(/C=C/c1ccccc1)c1ccc(C)cc1. The molecule has 0 bridgehead atoms. The molecule has 0 N–H and O–H groups in total. The summed E-state index contributed by atoms with van der Waals surface area (Å²) in [4.78, 5) is 11.3. The first-order chi connectivity index (χ1) is 10.7. The van der Waals surface area contributed by atoms with E-state index in [0.717, 1.165) is 11.1 Å². The fourth-order valence-electron chi connectivity index (χ4n) is 2.10. The van der Waals surface area contributed by atoms with E-state index in [0.29, 0.717) is 6.61 Å². The number of esters is 1. The van der Waals surface area contributed by atoms with Gasteiger partial charge in [0.25, 0.3) is 0 Å². The van der Waals surface area contributed by atoms with Crippen molar-refractivity contribution in [3.63, 3.8) is 0 Å². The Morgan fingerprint density at radius 2 is 1.82 bits per heavy atom. The monoisotopic (exact) mass is 292 g/mol. The van der Waals surface area contributed by atoms with Crippen LogP contribution >= 0.6 is 0 Å². The lowest BCUT2D eigenvalue weighted by Crippen LogP contribution is -2.09. The van der Waals surface area contributed by atoms with E-state index in [-0.39, 0.29) is 5.92 Å². The van der Waals surface area contributed by atoms with Crippen molar-refractivity contribution < 1.29 is 9.53 Å². The third-order valence-corrected chi connectivity index (χ3v) is 3.40. The first kappa shape index (κ1) is 15.8. The number of aryl methyl sites for hydroxylation is 1. The molecule has 1 atom stereocenters. The molecule has 0 spiro atoms. The van der Waals surface area contributed by atoms with Crippen LogP contribution in [0.1, 0.15) is 22.6 Å². The average Bonchev–Trinajstić information content (AvgIpc) is 2.56. The van der Waals surface area contributed by atoms with E-state index in [4.69, 9.17) is 4.74 Å². The number of carbonyl (C=O) groups is 1. The summed E-state index contributed by atoms with van der Waals surface area (Å²) in [5.41, 5.74) is 3.45. The zero-order valence-electron chi connectivity index (χ0n) is 12.7.